The summed E-state index contributed by atoms with van der Waals surface area (Å²) in [5, 5.41) is 36.1. The van der Waals surface area contributed by atoms with Gasteiger partial charge in [-0.15, -0.1) is 0 Å². The predicted octanol–water partition coefficient (Wildman–Crippen LogP) is 9.56. The Morgan fingerprint density at radius 2 is 0.667 bits per heavy atom. The minimum absolute atomic E-state index is 0.0546. The number of carboxylic acids is 4. The number of nitrogen functional groups attached to an aromatic ring is 2. The van der Waals surface area contributed by atoms with E-state index in [2.05, 4.69) is 0 Å². The highest BCUT2D eigenvalue weighted by atomic mass is 19.4. The third-order valence-corrected chi connectivity index (χ3v) is 9.14. The van der Waals surface area contributed by atoms with Crippen molar-refractivity contribution in [3.05, 3.63) is 178 Å². The standard InChI is InChI=1S/C27H20F6N2O2.C17H10O9/c28-26(29,30)25(27(31,32)33,17-1-9-21(10-2-17)36-23-13-5-19(34)6-14-23)18-3-11-22(12-4-18)37-24-15-7-20(35)8-16-24;18-13(7-1-3-9(14(19)20)11(5-7)16(23)24)8-2-4-10(15(21)22)12(6-8)17(25)26/h1-16H,34-35H2;1-6H,(H,19,20)(H,21,22)(H,23,24)(H,25,26). The minimum atomic E-state index is -5.72. The van der Waals surface area contributed by atoms with Crippen LogP contribution in [0.4, 0.5) is 37.7 Å². The smallest absolute Gasteiger partial charge is 0.411 e. The molecule has 0 unspecified atom stereocenters. The van der Waals surface area contributed by atoms with Gasteiger partial charge in [-0.25, -0.2) is 19.2 Å². The predicted molar refractivity (Wildman–Crippen MR) is 212 cm³/mol. The summed E-state index contributed by atoms with van der Waals surface area (Å²) in [5.74, 6) is -6.12. The van der Waals surface area contributed by atoms with Gasteiger partial charge in [-0.3, -0.25) is 4.79 Å². The average Bonchev–Trinajstić information content (AvgIpc) is 3.22. The number of carbonyl (C=O) groups excluding carboxylic acids is 1. The molecule has 13 nitrogen and oxygen atoms in total. The molecule has 0 bridgehead atoms. The Labute approximate surface area is 351 Å². The van der Waals surface area contributed by atoms with E-state index in [1.54, 1.807) is 24.3 Å². The number of ketones is 1. The van der Waals surface area contributed by atoms with Crippen molar-refractivity contribution in [1.82, 2.24) is 0 Å². The average molecular weight is 877 g/mol. The molecule has 0 saturated carbocycles. The molecule has 8 N–H and O–H groups in total. The number of hydrogen-bond acceptors (Lipinski definition) is 9. The number of alkyl halides is 6. The van der Waals surface area contributed by atoms with Crippen LogP contribution in [0, 0.1) is 0 Å². The van der Waals surface area contributed by atoms with Gasteiger partial charge >= 0.3 is 36.2 Å². The summed E-state index contributed by atoms with van der Waals surface area (Å²) in [7, 11) is 0. The monoisotopic (exact) mass is 876 g/mol. The van der Waals surface area contributed by atoms with E-state index in [0.717, 1.165) is 84.9 Å². The number of aromatic carboxylic acids is 4. The Bertz CT molecular complexity index is 2500. The summed E-state index contributed by atoms with van der Waals surface area (Å²) in [5.41, 5.74) is 3.20. The van der Waals surface area contributed by atoms with E-state index >= 15 is 0 Å². The van der Waals surface area contributed by atoms with E-state index < -0.39 is 80.8 Å². The molecule has 6 rings (SSSR count). The third kappa shape index (κ3) is 10.00. The van der Waals surface area contributed by atoms with Gasteiger partial charge in [0.15, 0.2) is 5.78 Å². The number of ether oxygens (including phenoxy) is 2. The number of anilines is 2. The van der Waals surface area contributed by atoms with Crippen LogP contribution in [0.2, 0.25) is 0 Å². The fourth-order valence-corrected chi connectivity index (χ4v) is 6.14. The van der Waals surface area contributed by atoms with Crippen LogP contribution in [0.1, 0.15) is 68.5 Å². The maximum absolute atomic E-state index is 14.4. The molecule has 0 aliphatic rings. The van der Waals surface area contributed by atoms with E-state index in [4.69, 9.17) is 41.4 Å². The summed E-state index contributed by atoms with van der Waals surface area (Å²) in [6, 6.07) is 25.3. The zero-order valence-electron chi connectivity index (χ0n) is 31.8. The van der Waals surface area contributed by atoms with Gasteiger partial charge in [-0.2, -0.15) is 26.3 Å². The van der Waals surface area contributed by atoms with Crippen LogP contribution in [0.5, 0.6) is 23.0 Å². The van der Waals surface area contributed by atoms with Crippen molar-refractivity contribution in [3.8, 4) is 23.0 Å². The SMILES string of the molecule is Nc1ccc(Oc2ccc(C(c3ccc(Oc4ccc(N)cc4)cc3)(C(F)(F)F)C(F)(F)F)cc2)cc1.O=C(c1ccc(C(=O)O)c(C(=O)O)c1)c1ccc(C(=O)O)c(C(=O)O)c1. The van der Waals surface area contributed by atoms with Gasteiger partial charge in [0.2, 0.25) is 5.41 Å². The van der Waals surface area contributed by atoms with Crippen molar-refractivity contribution in [1.29, 1.82) is 0 Å². The summed E-state index contributed by atoms with van der Waals surface area (Å²) in [6.45, 7) is 0. The quantitative estimate of drug-likeness (QED) is 0.0382. The molecule has 0 aliphatic heterocycles. The highest BCUT2D eigenvalue weighted by Gasteiger charge is 2.72. The lowest BCUT2D eigenvalue weighted by Crippen LogP contribution is -2.54. The number of carboxylic acid groups (broad SMARTS) is 4. The van der Waals surface area contributed by atoms with E-state index in [-0.39, 0.29) is 22.6 Å². The highest BCUT2D eigenvalue weighted by molar-refractivity contribution is 6.13. The highest BCUT2D eigenvalue weighted by Crippen LogP contribution is 2.56. The van der Waals surface area contributed by atoms with Gasteiger partial charge in [0, 0.05) is 22.5 Å². The molecule has 0 spiro atoms. The van der Waals surface area contributed by atoms with Gasteiger partial charge in [0.25, 0.3) is 0 Å². The van der Waals surface area contributed by atoms with E-state index in [9.17, 15) is 50.3 Å². The first-order chi connectivity index (χ1) is 29.5. The summed E-state index contributed by atoms with van der Waals surface area (Å²) >= 11 is 0. The van der Waals surface area contributed by atoms with Crippen molar-refractivity contribution in [3.63, 3.8) is 0 Å². The van der Waals surface area contributed by atoms with Crippen molar-refractivity contribution < 1.29 is 80.2 Å². The van der Waals surface area contributed by atoms with E-state index in [1.165, 1.54) is 24.3 Å². The van der Waals surface area contributed by atoms with Crippen LogP contribution < -0.4 is 20.9 Å². The number of benzene rings is 6. The molecule has 19 heteroatoms. The molecular weight excluding hydrogens is 846 g/mol. The zero-order valence-corrected chi connectivity index (χ0v) is 31.8. The molecule has 0 fully saturated rings. The Morgan fingerprint density at radius 3 is 0.921 bits per heavy atom. The number of hydrogen-bond donors (Lipinski definition) is 6. The molecule has 0 atom stereocenters. The first-order valence-corrected chi connectivity index (χ1v) is 17.7. The van der Waals surface area contributed by atoms with Gasteiger partial charge in [0.05, 0.1) is 22.3 Å². The molecule has 0 saturated heterocycles. The topological polar surface area (TPSA) is 237 Å². The first kappa shape index (κ1) is 45.7. The minimum Gasteiger partial charge on any atom is -0.478 e. The summed E-state index contributed by atoms with van der Waals surface area (Å²) in [4.78, 5) is 56.9. The lowest BCUT2D eigenvalue weighted by molar-refractivity contribution is -0.288. The van der Waals surface area contributed by atoms with Crippen LogP contribution in [-0.2, 0) is 5.41 Å². The number of carbonyl (C=O) groups is 5. The maximum Gasteiger partial charge on any atom is 0.411 e. The zero-order chi connectivity index (χ0) is 46.4. The Kier molecular flexibility index (Phi) is 13.1. The van der Waals surface area contributed by atoms with Crippen LogP contribution in [0.25, 0.3) is 0 Å². The molecule has 324 valence electrons. The van der Waals surface area contributed by atoms with Gasteiger partial charge in [0.1, 0.15) is 23.0 Å². The summed E-state index contributed by atoms with van der Waals surface area (Å²) in [6.07, 6.45) is -11.4. The van der Waals surface area contributed by atoms with Gasteiger partial charge < -0.3 is 41.4 Å². The van der Waals surface area contributed by atoms with Crippen LogP contribution in [-0.4, -0.2) is 62.4 Å². The van der Waals surface area contributed by atoms with Crippen LogP contribution in [0.3, 0.4) is 0 Å². The van der Waals surface area contributed by atoms with Gasteiger partial charge in [-0.05, 0) is 108 Å². The molecule has 0 heterocycles. The normalized spacial score (nSPS) is 11.4. The third-order valence-electron chi connectivity index (χ3n) is 9.14. The molecule has 0 aromatic heterocycles. The second-order valence-electron chi connectivity index (χ2n) is 13.2. The lowest BCUT2D eigenvalue weighted by Gasteiger charge is -2.38. The number of halogens is 6. The van der Waals surface area contributed by atoms with Crippen LogP contribution >= 0.6 is 0 Å². The van der Waals surface area contributed by atoms with E-state index in [1.807, 2.05) is 0 Å². The van der Waals surface area contributed by atoms with Crippen molar-refractivity contribution in [2.45, 2.75) is 17.8 Å². The fourth-order valence-electron chi connectivity index (χ4n) is 6.14. The molecule has 0 aliphatic carbocycles. The summed E-state index contributed by atoms with van der Waals surface area (Å²) < 4.78 is 97.5. The maximum atomic E-state index is 14.4. The van der Waals surface area contributed by atoms with Crippen molar-refractivity contribution in [2.24, 2.45) is 0 Å². The molecule has 6 aromatic carbocycles. The fraction of sp³-hybridized carbons (Fsp3) is 0.0682. The lowest BCUT2D eigenvalue weighted by atomic mass is 9.73. The van der Waals surface area contributed by atoms with E-state index in [0.29, 0.717) is 22.9 Å². The van der Waals surface area contributed by atoms with Crippen LogP contribution in [0.15, 0.2) is 133 Å². The molecule has 0 amide bonds. The largest absolute Gasteiger partial charge is 0.478 e. The molecule has 6 aromatic rings. The Balaban J connectivity index is 0.000000253. The first-order valence-electron chi connectivity index (χ1n) is 17.7. The molecule has 0 radical (unpaired) electrons. The molecular formula is C44H30F6N2O11. The number of nitrogens with two attached hydrogens (primary N) is 2. The second-order valence-corrected chi connectivity index (χ2v) is 13.2. The second kappa shape index (κ2) is 18.1. The number of rotatable bonds is 12. The van der Waals surface area contributed by atoms with Crippen molar-refractivity contribution in [2.75, 3.05) is 11.5 Å². The molecule has 63 heavy (non-hydrogen) atoms. The van der Waals surface area contributed by atoms with Gasteiger partial charge in [-0.1, -0.05) is 36.4 Å². The Morgan fingerprint density at radius 1 is 0.397 bits per heavy atom. The van der Waals surface area contributed by atoms with Crippen molar-refractivity contribution >= 4 is 41.0 Å². The Hall–Kier alpha value is -8.35.